The third-order valence-electron chi connectivity index (χ3n) is 3.39. The van der Waals surface area contributed by atoms with Gasteiger partial charge < -0.3 is 10.6 Å². The maximum absolute atomic E-state index is 11.1. The molecule has 98 valence electrons. The van der Waals surface area contributed by atoms with Gasteiger partial charge in [-0.15, -0.1) is 0 Å². The number of aryl methyl sites for hydroxylation is 1. The topological polar surface area (TPSA) is 98.2 Å². The van der Waals surface area contributed by atoms with Gasteiger partial charge in [0.2, 0.25) is 11.8 Å². The first kappa shape index (κ1) is 12.5. The molecule has 0 radical (unpaired) electrons. The van der Waals surface area contributed by atoms with Gasteiger partial charge in [0, 0.05) is 13.6 Å². The maximum Gasteiger partial charge on any atom is 0.332 e. The molecule has 1 fully saturated rings. The number of anilines is 2. The van der Waals surface area contributed by atoms with Crippen molar-refractivity contribution in [3.63, 3.8) is 0 Å². The van der Waals surface area contributed by atoms with Crippen LogP contribution in [0.4, 0.5) is 17.5 Å². The van der Waals surface area contributed by atoms with Crippen molar-refractivity contribution in [3.8, 4) is 0 Å². The van der Waals surface area contributed by atoms with Crippen LogP contribution < -0.4 is 10.6 Å². The van der Waals surface area contributed by atoms with Crippen molar-refractivity contribution in [2.75, 3.05) is 24.2 Å². The second-order valence-electron chi connectivity index (χ2n) is 4.95. The fourth-order valence-electron chi connectivity index (χ4n) is 2.14. The molecule has 7 nitrogen and oxygen atoms in total. The summed E-state index contributed by atoms with van der Waals surface area (Å²) in [6.45, 7) is 4.51. The first-order chi connectivity index (χ1) is 8.40. The number of hydrogen-bond acceptors (Lipinski definition) is 6. The summed E-state index contributed by atoms with van der Waals surface area (Å²) in [7, 11) is 1.80. The molecule has 18 heavy (non-hydrogen) atoms. The monoisotopic (exact) mass is 251 g/mol. The Kier molecular flexibility index (Phi) is 3.06. The lowest BCUT2D eigenvalue weighted by molar-refractivity contribution is -0.385. The fraction of sp³-hybridized carbons (Fsp3) is 0.636. The second kappa shape index (κ2) is 4.40. The van der Waals surface area contributed by atoms with Crippen LogP contribution in [-0.4, -0.2) is 28.5 Å². The van der Waals surface area contributed by atoms with Gasteiger partial charge in [-0.1, -0.05) is 6.92 Å². The van der Waals surface area contributed by atoms with Crippen molar-refractivity contribution in [1.29, 1.82) is 0 Å². The van der Waals surface area contributed by atoms with Crippen LogP contribution in [-0.2, 0) is 0 Å². The smallest absolute Gasteiger partial charge is 0.332 e. The van der Waals surface area contributed by atoms with Gasteiger partial charge in [0.25, 0.3) is 0 Å². The quantitative estimate of drug-likeness (QED) is 0.641. The van der Waals surface area contributed by atoms with Crippen molar-refractivity contribution in [1.82, 2.24) is 9.97 Å². The van der Waals surface area contributed by atoms with Crippen LogP contribution in [0.25, 0.3) is 0 Å². The SMILES string of the molecule is Cc1nc(N)nc(N(C)CC2CC2C)c1[N+](=O)[O-]. The van der Waals surface area contributed by atoms with Crippen molar-refractivity contribution >= 4 is 17.5 Å². The molecular weight excluding hydrogens is 234 g/mol. The van der Waals surface area contributed by atoms with E-state index in [1.165, 1.54) is 0 Å². The molecule has 0 saturated heterocycles. The molecule has 1 aromatic rings. The number of nitro groups is 1. The van der Waals surface area contributed by atoms with Gasteiger partial charge in [-0.05, 0) is 25.2 Å². The largest absolute Gasteiger partial charge is 0.368 e. The van der Waals surface area contributed by atoms with Crippen molar-refractivity contribution in [3.05, 3.63) is 15.8 Å². The van der Waals surface area contributed by atoms with E-state index in [0.717, 1.165) is 13.0 Å². The fourth-order valence-corrected chi connectivity index (χ4v) is 2.14. The van der Waals surface area contributed by atoms with Gasteiger partial charge in [0.1, 0.15) is 5.69 Å². The van der Waals surface area contributed by atoms with E-state index in [9.17, 15) is 10.1 Å². The molecule has 7 heteroatoms. The molecular formula is C11H17N5O2. The highest BCUT2D eigenvalue weighted by Crippen LogP contribution is 2.39. The van der Waals surface area contributed by atoms with E-state index >= 15 is 0 Å². The molecule has 1 heterocycles. The zero-order chi connectivity index (χ0) is 13.4. The van der Waals surface area contributed by atoms with Crippen LogP contribution in [0.15, 0.2) is 0 Å². The average Bonchev–Trinajstić information content (AvgIpc) is 2.92. The lowest BCUT2D eigenvalue weighted by Gasteiger charge is -2.18. The third kappa shape index (κ3) is 2.34. The van der Waals surface area contributed by atoms with Gasteiger partial charge in [-0.2, -0.15) is 4.98 Å². The van der Waals surface area contributed by atoms with Crippen molar-refractivity contribution in [2.45, 2.75) is 20.3 Å². The Morgan fingerprint density at radius 2 is 2.17 bits per heavy atom. The summed E-state index contributed by atoms with van der Waals surface area (Å²) in [5, 5.41) is 11.1. The number of nitrogens with zero attached hydrogens (tertiary/aromatic N) is 4. The Labute approximate surface area is 105 Å². The predicted molar refractivity (Wildman–Crippen MR) is 68.4 cm³/mol. The Bertz CT molecular complexity index is 491. The van der Waals surface area contributed by atoms with E-state index in [-0.39, 0.29) is 11.6 Å². The number of nitrogen functional groups attached to an aromatic ring is 1. The van der Waals surface area contributed by atoms with E-state index < -0.39 is 4.92 Å². The highest BCUT2D eigenvalue weighted by molar-refractivity contribution is 5.61. The van der Waals surface area contributed by atoms with Crippen molar-refractivity contribution < 1.29 is 4.92 Å². The Morgan fingerprint density at radius 3 is 2.67 bits per heavy atom. The first-order valence-electron chi connectivity index (χ1n) is 5.89. The van der Waals surface area contributed by atoms with E-state index in [1.807, 2.05) is 0 Å². The number of hydrogen-bond donors (Lipinski definition) is 1. The molecule has 1 aromatic heterocycles. The summed E-state index contributed by atoms with van der Waals surface area (Å²) in [4.78, 5) is 20.3. The first-order valence-corrected chi connectivity index (χ1v) is 5.89. The molecule has 2 unspecified atom stereocenters. The summed E-state index contributed by atoms with van der Waals surface area (Å²) in [5.74, 6) is 1.66. The molecule has 0 bridgehead atoms. The molecule has 0 amide bonds. The Morgan fingerprint density at radius 1 is 1.56 bits per heavy atom. The lowest BCUT2D eigenvalue weighted by atomic mass is 10.3. The van der Waals surface area contributed by atoms with Gasteiger partial charge >= 0.3 is 5.69 Å². The van der Waals surface area contributed by atoms with E-state index in [1.54, 1.807) is 18.9 Å². The van der Waals surface area contributed by atoms with Crippen LogP contribution >= 0.6 is 0 Å². The van der Waals surface area contributed by atoms with Crippen LogP contribution in [0.2, 0.25) is 0 Å². The molecule has 0 aliphatic heterocycles. The van der Waals surface area contributed by atoms with Gasteiger partial charge in [0.05, 0.1) is 4.92 Å². The molecule has 1 aliphatic rings. The minimum absolute atomic E-state index is 0.0556. The summed E-state index contributed by atoms with van der Waals surface area (Å²) < 4.78 is 0. The highest BCUT2D eigenvalue weighted by atomic mass is 16.6. The van der Waals surface area contributed by atoms with E-state index in [0.29, 0.717) is 23.3 Å². The minimum atomic E-state index is -0.447. The number of aromatic nitrogens is 2. The standard InChI is InChI=1S/C11H17N5O2/c1-6-4-8(6)5-15(3)10-9(16(17)18)7(2)13-11(12)14-10/h6,8H,4-5H2,1-3H3,(H2,12,13,14). The van der Waals surface area contributed by atoms with Crippen LogP contribution in [0.1, 0.15) is 19.0 Å². The normalized spacial score (nSPS) is 21.7. The molecule has 2 rings (SSSR count). The van der Waals surface area contributed by atoms with Crippen LogP contribution in [0, 0.1) is 28.9 Å². The summed E-state index contributed by atoms with van der Waals surface area (Å²) >= 11 is 0. The molecule has 2 N–H and O–H groups in total. The summed E-state index contributed by atoms with van der Waals surface area (Å²) in [6, 6.07) is 0. The van der Waals surface area contributed by atoms with Crippen molar-refractivity contribution in [2.24, 2.45) is 11.8 Å². The molecule has 1 saturated carbocycles. The zero-order valence-electron chi connectivity index (χ0n) is 10.8. The molecule has 1 aliphatic carbocycles. The molecule has 0 aromatic carbocycles. The summed E-state index contributed by atoms with van der Waals surface area (Å²) in [5.41, 5.74) is 5.82. The third-order valence-corrected chi connectivity index (χ3v) is 3.39. The Balaban J connectivity index is 2.32. The number of rotatable bonds is 4. The maximum atomic E-state index is 11.1. The predicted octanol–water partition coefficient (Wildman–Crippen LogP) is 1.37. The zero-order valence-corrected chi connectivity index (χ0v) is 10.8. The second-order valence-corrected chi connectivity index (χ2v) is 4.95. The minimum Gasteiger partial charge on any atom is -0.368 e. The molecule has 0 spiro atoms. The van der Waals surface area contributed by atoms with Gasteiger partial charge in [-0.25, -0.2) is 4.98 Å². The van der Waals surface area contributed by atoms with Crippen LogP contribution in [0.3, 0.4) is 0 Å². The lowest BCUT2D eigenvalue weighted by Crippen LogP contribution is -2.24. The van der Waals surface area contributed by atoms with Gasteiger partial charge in [0.15, 0.2) is 0 Å². The average molecular weight is 251 g/mol. The van der Waals surface area contributed by atoms with E-state index in [4.69, 9.17) is 5.73 Å². The van der Waals surface area contributed by atoms with Gasteiger partial charge in [-0.3, -0.25) is 10.1 Å². The van der Waals surface area contributed by atoms with E-state index in [2.05, 4.69) is 16.9 Å². The summed E-state index contributed by atoms with van der Waals surface area (Å²) in [6.07, 6.45) is 1.16. The Hall–Kier alpha value is -1.92. The van der Waals surface area contributed by atoms with Crippen LogP contribution in [0.5, 0.6) is 0 Å². The molecule has 2 atom stereocenters. The number of nitrogens with two attached hydrogens (primary N) is 1. The highest BCUT2D eigenvalue weighted by Gasteiger charge is 2.35.